The molecule has 0 amide bonds. The lowest BCUT2D eigenvalue weighted by Gasteiger charge is -2.23. The highest BCUT2D eigenvalue weighted by atomic mass is 28.3. The zero-order valence-electron chi connectivity index (χ0n) is 19.2. The van der Waals surface area contributed by atoms with Gasteiger partial charge < -0.3 is 0 Å². The van der Waals surface area contributed by atoms with Gasteiger partial charge in [-0.2, -0.15) is 0 Å². The normalized spacial score (nSPS) is 19.7. The fourth-order valence-corrected chi connectivity index (χ4v) is 9.95. The summed E-state index contributed by atoms with van der Waals surface area (Å²) in [5, 5.41) is 3.43. The Bertz CT molecular complexity index is 955. The second kappa shape index (κ2) is 8.15. The van der Waals surface area contributed by atoms with Crippen molar-refractivity contribution in [3.05, 3.63) is 65.1 Å². The van der Waals surface area contributed by atoms with Crippen LogP contribution in [0, 0.1) is 6.42 Å². The minimum atomic E-state index is -1.60. The van der Waals surface area contributed by atoms with Crippen molar-refractivity contribution in [1.29, 1.82) is 0 Å². The number of hydrogen-bond acceptors (Lipinski definition) is 0. The monoisotopic (exact) mass is 413 g/mol. The first-order valence-electron chi connectivity index (χ1n) is 12.5. The Morgan fingerprint density at radius 3 is 2.33 bits per heavy atom. The minimum Gasteiger partial charge on any atom is -0.0654 e. The van der Waals surface area contributed by atoms with Crippen LogP contribution in [0.25, 0.3) is 16.3 Å². The van der Waals surface area contributed by atoms with Crippen LogP contribution in [0.1, 0.15) is 93.7 Å². The Labute approximate surface area is 184 Å². The van der Waals surface area contributed by atoms with Gasteiger partial charge in [-0.15, -0.1) is 0 Å². The number of rotatable bonds is 7. The summed E-state index contributed by atoms with van der Waals surface area (Å²) < 4.78 is 0. The predicted octanol–water partition coefficient (Wildman–Crippen LogP) is 8.16. The molecule has 2 aromatic carbocycles. The van der Waals surface area contributed by atoms with E-state index < -0.39 is 8.07 Å². The van der Waals surface area contributed by atoms with Crippen molar-refractivity contribution in [3.63, 3.8) is 0 Å². The van der Waals surface area contributed by atoms with Gasteiger partial charge in [-0.3, -0.25) is 0 Å². The Morgan fingerprint density at radius 1 is 0.833 bits per heavy atom. The summed E-state index contributed by atoms with van der Waals surface area (Å²) >= 11 is 0. The van der Waals surface area contributed by atoms with Crippen LogP contribution in [0.2, 0.25) is 13.1 Å². The van der Waals surface area contributed by atoms with Gasteiger partial charge in [0.1, 0.15) is 8.07 Å². The van der Waals surface area contributed by atoms with E-state index in [9.17, 15) is 0 Å². The number of hydrogen-bond donors (Lipinski definition) is 0. The first-order valence-corrected chi connectivity index (χ1v) is 15.5. The lowest BCUT2D eigenvalue weighted by molar-refractivity contribution is 0.443. The third-order valence-electron chi connectivity index (χ3n) is 8.01. The van der Waals surface area contributed by atoms with E-state index in [1.54, 1.807) is 32.6 Å². The van der Waals surface area contributed by atoms with Crippen LogP contribution in [0.5, 0.6) is 0 Å². The molecule has 0 nitrogen and oxygen atoms in total. The molecule has 1 fully saturated rings. The van der Waals surface area contributed by atoms with E-state index in [1.807, 2.05) is 0 Å². The summed E-state index contributed by atoms with van der Waals surface area (Å²) in [4.78, 5) is 0. The molecule has 1 heterocycles. The Balaban J connectivity index is 1.48. The molecule has 30 heavy (non-hydrogen) atoms. The Hall–Kier alpha value is -1.60. The van der Waals surface area contributed by atoms with Crippen LogP contribution >= 0.6 is 0 Å². The summed E-state index contributed by atoms with van der Waals surface area (Å²) in [7, 11) is -1.60. The molecule has 157 valence electrons. The van der Waals surface area contributed by atoms with Gasteiger partial charge in [0.15, 0.2) is 0 Å². The highest BCUT2D eigenvalue weighted by Gasteiger charge is 2.45. The molecule has 2 bridgehead atoms. The third kappa shape index (κ3) is 3.34. The smallest absolute Gasteiger partial charge is 0.0654 e. The van der Waals surface area contributed by atoms with E-state index in [-0.39, 0.29) is 0 Å². The molecule has 1 radical (unpaired) electrons. The molecule has 1 heteroatoms. The quantitative estimate of drug-likeness (QED) is 0.317. The van der Waals surface area contributed by atoms with Gasteiger partial charge >= 0.3 is 0 Å². The average Bonchev–Trinajstić information content (AvgIpc) is 3.23. The standard InChI is InChI=1S/C29H37Si/c1-4-5-6-8-13-25-20-24-18-19-26-27(28(24)29(25)30(26,2)3)23-16-14-22(15-17-23)21-11-9-7-10-12-21/h14-21H,4-13H2,1-3H3. The minimum absolute atomic E-state index is 0.795. The van der Waals surface area contributed by atoms with Crippen LogP contribution in [0.4, 0.5) is 0 Å². The van der Waals surface area contributed by atoms with Crippen LogP contribution in [-0.4, -0.2) is 8.07 Å². The lowest BCUT2D eigenvalue weighted by Crippen LogP contribution is -2.39. The fraction of sp³-hybridized carbons (Fsp3) is 0.483. The summed E-state index contributed by atoms with van der Waals surface area (Å²) in [6.45, 7) is 7.47. The lowest BCUT2D eigenvalue weighted by atomic mass is 9.83. The van der Waals surface area contributed by atoms with Gasteiger partial charge in [0, 0.05) is 6.42 Å². The number of unbranched alkanes of at least 4 members (excludes halogenated alkanes) is 3. The summed E-state index contributed by atoms with van der Waals surface area (Å²) in [6.07, 6.45) is 16.2. The molecule has 0 saturated heterocycles. The van der Waals surface area contributed by atoms with E-state index in [4.69, 9.17) is 0 Å². The van der Waals surface area contributed by atoms with Crippen molar-refractivity contribution >= 4 is 18.5 Å². The molecule has 0 unspecified atom stereocenters. The molecule has 1 aliphatic heterocycles. The van der Waals surface area contributed by atoms with Crippen molar-refractivity contribution in [1.82, 2.24) is 0 Å². The summed E-state index contributed by atoms with van der Waals surface area (Å²) in [6, 6.07) is 14.6. The van der Waals surface area contributed by atoms with Crippen molar-refractivity contribution in [2.24, 2.45) is 0 Å². The van der Waals surface area contributed by atoms with Crippen LogP contribution in [0.15, 0.2) is 42.0 Å². The van der Waals surface area contributed by atoms with E-state index in [1.165, 1.54) is 75.3 Å². The van der Waals surface area contributed by atoms with E-state index in [2.05, 4.69) is 62.8 Å². The number of fused-ring (bicyclic) bond motifs is 1. The van der Waals surface area contributed by atoms with Gasteiger partial charge in [-0.25, -0.2) is 0 Å². The zero-order chi connectivity index (χ0) is 20.7. The third-order valence-corrected chi connectivity index (χ3v) is 11.6. The van der Waals surface area contributed by atoms with Gasteiger partial charge in [0.25, 0.3) is 0 Å². The SMILES string of the molecule is CCCCCCC1=C2c3c(ccc(c3-c3ccc(C4CCCCC4)cc3)[Si]2(C)C)[CH]1. The first-order chi connectivity index (χ1) is 14.6. The average molecular weight is 414 g/mol. The molecule has 3 aliphatic rings. The molecule has 1 saturated carbocycles. The topological polar surface area (TPSA) is 0 Å². The van der Waals surface area contributed by atoms with Gasteiger partial charge in [0.05, 0.1) is 0 Å². The number of allylic oxidation sites excluding steroid dienone is 1. The maximum absolute atomic E-state index is 2.58. The van der Waals surface area contributed by atoms with E-state index >= 15 is 0 Å². The maximum Gasteiger partial charge on any atom is 0.113 e. The Kier molecular flexibility index (Phi) is 5.52. The van der Waals surface area contributed by atoms with Crippen molar-refractivity contribution in [2.45, 2.75) is 90.1 Å². The number of benzene rings is 2. The molecule has 0 atom stereocenters. The van der Waals surface area contributed by atoms with Crippen LogP contribution < -0.4 is 5.19 Å². The van der Waals surface area contributed by atoms with Crippen molar-refractivity contribution in [3.8, 4) is 11.1 Å². The largest absolute Gasteiger partial charge is 0.113 e. The van der Waals surface area contributed by atoms with Gasteiger partial charge in [-0.05, 0) is 69.8 Å². The van der Waals surface area contributed by atoms with Crippen LogP contribution in [0.3, 0.4) is 0 Å². The van der Waals surface area contributed by atoms with E-state index in [0.717, 1.165) is 5.92 Å². The molecule has 0 aromatic heterocycles. The molecule has 5 rings (SSSR count). The van der Waals surface area contributed by atoms with Crippen LogP contribution in [-0.2, 0) is 0 Å². The highest BCUT2D eigenvalue weighted by molar-refractivity contribution is 7.07. The predicted molar refractivity (Wildman–Crippen MR) is 134 cm³/mol. The molecule has 0 spiro atoms. The zero-order valence-corrected chi connectivity index (χ0v) is 20.2. The van der Waals surface area contributed by atoms with Gasteiger partial charge in [-0.1, -0.05) is 101 Å². The molecular formula is C29H37Si. The summed E-state index contributed by atoms with van der Waals surface area (Å²) in [5.41, 5.74) is 9.38. The molecular weight excluding hydrogens is 376 g/mol. The van der Waals surface area contributed by atoms with Crippen molar-refractivity contribution in [2.75, 3.05) is 0 Å². The summed E-state index contributed by atoms with van der Waals surface area (Å²) in [5.74, 6) is 0.795. The molecule has 2 aliphatic carbocycles. The second-order valence-electron chi connectivity index (χ2n) is 10.4. The maximum atomic E-state index is 2.58. The second-order valence-corrected chi connectivity index (χ2v) is 14.7. The molecule has 2 aromatic rings. The Morgan fingerprint density at radius 2 is 1.60 bits per heavy atom. The first kappa shape index (κ1) is 20.3. The van der Waals surface area contributed by atoms with Gasteiger partial charge in [0.2, 0.25) is 0 Å². The molecule has 0 N–H and O–H groups in total. The highest BCUT2D eigenvalue weighted by Crippen LogP contribution is 2.51. The van der Waals surface area contributed by atoms with E-state index in [0.29, 0.717) is 0 Å². The van der Waals surface area contributed by atoms with Crippen molar-refractivity contribution < 1.29 is 0 Å². The fourth-order valence-electron chi connectivity index (χ4n) is 6.40.